The third kappa shape index (κ3) is 10.4. The molecule has 41 heavy (non-hydrogen) atoms. The Balaban J connectivity index is 1.62. The summed E-state index contributed by atoms with van der Waals surface area (Å²) in [5, 5.41) is 14.8. The number of carbonyl (C=O) groups is 3. The number of aliphatic imine (C=N–C) groups is 1. The predicted molar refractivity (Wildman–Crippen MR) is 154 cm³/mol. The number of carboxylic acids is 1. The van der Waals surface area contributed by atoms with E-state index in [1.165, 1.54) is 18.2 Å². The van der Waals surface area contributed by atoms with Gasteiger partial charge in [0.1, 0.15) is 6.61 Å². The molecule has 0 bridgehead atoms. The Morgan fingerprint density at radius 2 is 1.56 bits per heavy atom. The van der Waals surface area contributed by atoms with Crippen LogP contribution in [-0.4, -0.2) is 46.4 Å². The molecule has 3 aromatic rings. The molecule has 216 valence electrons. The lowest BCUT2D eigenvalue weighted by Crippen LogP contribution is -2.34. The fourth-order valence-electron chi connectivity index (χ4n) is 3.95. The zero-order valence-electron chi connectivity index (χ0n) is 22.1. The van der Waals surface area contributed by atoms with Gasteiger partial charge < -0.3 is 36.8 Å². The van der Waals surface area contributed by atoms with Crippen LogP contribution >= 0.6 is 7.37 Å². The number of hydrogen-bond donors (Lipinski definition) is 6. The van der Waals surface area contributed by atoms with Crippen molar-refractivity contribution in [3.63, 3.8) is 0 Å². The summed E-state index contributed by atoms with van der Waals surface area (Å²) >= 11 is 0. The summed E-state index contributed by atoms with van der Waals surface area (Å²) in [6.07, 6.45) is -2.30. The minimum Gasteiger partial charge on any atom is -0.481 e. The number of carboxylic acid groups (broad SMARTS) is 1. The van der Waals surface area contributed by atoms with E-state index in [4.69, 9.17) is 16.2 Å². The first kappa shape index (κ1) is 30.9. The van der Waals surface area contributed by atoms with Crippen LogP contribution in [0.2, 0.25) is 0 Å². The summed E-state index contributed by atoms with van der Waals surface area (Å²) in [6.45, 7) is 0.0354. The molecule has 12 nitrogen and oxygen atoms in total. The lowest BCUT2D eigenvalue weighted by atomic mass is 10.0. The minimum atomic E-state index is -4.16. The second-order valence-corrected chi connectivity index (χ2v) is 11.6. The van der Waals surface area contributed by atoms with E-state index in [1.54, 1.807) is 48.5 Å². The molecule has 2 amide bonds. The molecule has 8 N–H and O–H groups in total. The van der Waals surface area contributed by atoms with E-state index in [9.17, 15) is 28.9 Å². The van der Waals surface area contributed by atoms with Gasteiger partial charge in [0.05, 0.1) is 30.4 Å². The molecule has 0 aliphatic heterocycles. The zero-order valence-corrected chi connectivity index (χ0v) is 22.9. The second kappa shape index (κ2) is 14.6. The molecule has 0 aliphatic rings. The van der Waals surface area contributed by atoms with Crippen molar-refractivity contribution in [2.45, 2.75) is 25.0 Å². The van der Waals surface area contributed by atoms with Gasteiger partial charge in [-0.2, -0.15) is 0 Å². The molecule has 0 saturated carbocycles. The Bertz CT molecular complexity index is 1420. The van der Waals surface area contributed by atoms with Crippen molar-refractivity contribution in [3.8, 4) is 0 Å². The number of nitrogens with two attached hydrogens (primary N) is 2. The molecule has 0 aliphatic carbocycles. The van der Waals surface area contributed by atoms with Gasteiger partial charge in [-0.3, -0.25) is 14.2 Å². The number of nitrogens with one attached hydrogen (secondary N) is 2. The summed E-state index contributed by atoms with van der Waals surface area (Å²) in [7, 11) is -4.16. The van der Waals surface area contributed by atoms with Crippen molar-refractivity contribution in [2.75, 3.05) is 12.4 Å². The summed E-state index contributed by atoms with van der Waals surface area (Å²) in [6, 6.07) is 23.0. The highest BCUT2D eigenvalue weighted by Crippen LogP contribution is 2.44. The van der Waals surface area contributed by atoms with Crippen LogP contribution in [0.5, 0.6) is 0 Å². The van der Waals surface area contributed by atoms with E-state index in [0.29, 0.717) is 5.56 Å². The van der Waals surface area contributed by atoms with Crippen LogP contribution in [0.4, 0.5) is 10.5 Å². The van der Waals surface area contributed by atoms with Crippen LogP contribution in [0, 0.1) is 0 Å². The number of guanidine groups is 1. The fourth-order valence-corrected chi connectivity index (χ4v) is 5.44. The highest BCUT2D eigenvalue weighted by atomic mass is 31.2. The van der Waals surface area contributed by atoms with Crippen LogP contribution in [0.3, 0.4) is 0 Å². The second-order valence-electron chi connectivity index (χ2n) is 9.18. The Hall–Kier alpha value is -4.67. The first-order chi connectivity index (χ1) is 19.5. The maximum absolute atomic E-state index is 12.9. The number of alkyl carbamates (subject to hydrolysis) is 1. The number of ether oxygens (including phenoxy) is 1. The van der Waals surface area contributed by atoms with Crippen LogP contribution in [0.1, 0.15) is 35.1 Å². The van der Waals surface area contributed by atoms with Gasteiger partial charge in [-0.1, -0.05) is 72.8 Å². The molecule has 0 heterocycles. The predicted octanol–water partition coefficient (Wildman–Crippen LogP) is 3.16. The zero-order chi connectivity index (χ0) is 29.8. The van der Waals surface area contributed by atoms with Crippen molar-refractivity contribution in [1.29, 1.82) is 0 Å². The van der Waals surface area contributed by atoms with Crippen molar-refractivity contribution < 1.29 is 33.7 Å². The van der Waals surface area contributed by atoms with E-state index in [-0.39, 0.29) is 30.2 Å². The molecule has 0 saturated heterocycles. The molecule has 0 aromatic heterocycles. The van der Waals surface area contributed by atoms with Crippen molar-refractivity contribution >= 4 is 37.0 Å². The van der Waals surface area contributed by atoms with Crippen molar-refractivity contribution in [2.24, 2.45) is 16.5 Å². The maximum atomic E-state index is 12.9. The van der Waals surface area contributed by atoms with Gasteiger partial charge in [0.15, 0.2) is 5.96 Å². The molecule has 3 aromatic carbocycles. The van der Waals surface area contributed by atoms with Gasteiger partial charge in [0, 0.05) is 6.16 Å². The van der Waals surface area contributed by atoms with Crippen LogP contribution in [0.25, 0.3) is 0 Å². The Morgan fingerprint density at radius 3 is 2.20 bits per heavy atom. The molecule has 3 rings (SSSR count). The van der Waals surface area contributed by atoms with Gasteiger partial charge in [-0.25, -0.2) is 9.79 Å². The number of benzene rings is 3. The first-order valence-electron chi connectivity index (χ1n) is 12.5. The number of carbonyl (C=O) groups excluding carboxylic acids is 2. The molecule has 0 radical (unpaired) electrons. The first-order valence-corrected chi connectivity index (χ1v) is 14.6. The quantitative estimate of drug-likeness (QED) is 0.0994. The van der Waals surface area contributed by atoms with Gasteiger partial charge in [-0.05, 0) is 28.8 Å². The van der Waals surface area contributed by atoms with E-state index in [0.717, 1.165) is 5.56 Å². The number of hydrogen-bond acceptors (Lipinski definition) is 6. The average molecular weight is 582 g/mol. The highest BCUT2D eigenvalue weighted by Gasteiger charge is 2.31. The number of amides is 2. The number of aliphatic carboxylic acids is 1. The summed E-state index contributed by atoms with van der Waals surface area (Å²) in [5.74, 6) is -3.53. The Labute approximate surface area is 236 Å². The fraction of sp³-hybridized carbons (Fsp3) is 0.214. The molecule has 3 atom stereocenters. The van der Waals surface area contributed by atoms with Gasteiger partial charge >= 0.3 is 12.1 Å². The summed E-state index contributed by atoms with van der Waals surface area (Å²) in [4.78, 5) is 51.6. The van der Waals surface area contributed by atoms with E-state index in [2.05, 4.69) is 15.6 Å². The highest BCUT2D eigenvalue weighted by molar-refractivity contribution is 7.58. The lowest BCUT2D eigenvalue weighted by Gasteiger charge is -2.21. The summed E-state index contributed by atoms with van der Waals surface area (Å²) < 4.78 is 18.2. The summed E-state index contributed by atoms with van der Waals surface area (Å²) in [5.41, 5.74) is 12.7. The largest absolute Gasteiger partial charge is 0.481 e. The van der Waals surface area contributed by atoms with Gasteiger partial charge in [0.2, 0.25) is 13.3 Å². The SMILES string of the molecule is NC(N)=Nc1cccc(C(CP(=O)(O)CNC(=O)CC(NC(=O)OCc2ccccc2)c2ccccc2)C(=O)O)c1. The molecular weight excluding hydrogens is 549 g/mol. The molecule has 0 spiro atoms. The Morgan fingerprint density at radius 1 is 0.927 bits per heavy atom. The average Bonchev–Trinajstić information content (AvgIpc) is 2.94. The normalized spacial score (nSPS) is 13.6. The van der Waals surface area contributed by atoms with E-state index < -0.39 is 49.7 Å². The minimum absolute atomic E-state index is 0.0354. The molecule has 13 heteroatoms. The third-order valence-electron chi connectivity index (χ3n) is 5.92. The molecular formula is C28H32N5O7P. The van der Waals surface area contributed by atoms with Crippen LogP contribution < -0.4 is 22.1 Å². The Kier molecular flexibility index (Phi) is 11.0. The maximum Gasteiger partial charge on any atom is 0.407 e. The van der Waals surface area contributed by atoms with Crippen LogP contribution in [0.15, 0.2) is 89.9 Å². The van der Waals surface area contributed by atoms with E-state index in [1.807, 2.05) is 18.2 Å². The standard InChI is InChI=1S/C28H32N5O7P/c29-27(30)32-22-13-7-12-21(14-22)23(26(35)36)17-41(38,39)18-31-25(34)15-24(20-10-5-2-6-11-20)33-28(37)40-16-19-8-3-1-4-9-19/h1-14,23-24H,15-18H2,(H,31,34)(H,33,37)(H,35,36)(H,38,39)(H4,29,30,32). The lowest BCUT2D eigenvalue weighted by molar-refractivity contribution is -0.138. The topological polar surface area (TPSA) is 206 Å². The molecule has 3 unspecified atom stereocenters. The number of rotatable bonds is 13. The monoisotopic (exact) mass is 581 g/mol. The molecule has 0 fully saturated rings. The van der Waals surface area contributed by atoms with Crippen LogP contribution in [-0.2, 0) is 25.5 Å². The smallest absolute Gasteiger partial charge is 0.407 e. The van der Waals surface area contributed by atoms with Crippen molar-refractivity contribution in [3.05, 3.63) is 102 Å². The third-order valence-corrected chi connectivity index (χ3v) is 7.50. The van der Waals surface area contributed by atoms with E-state index >= 15 is 0 Å². The van der Waals surface area contributed by atoms with Gasteiger partial charge in [-0.15, -0.1) is 0 Å². The van der Waals surface area contributed by atoms with Gasteiger partial charge in [0.25, 0.3) is 0 Å². The van der Waals surface area contributed by atoms with Crippen molar-refractivity contribution in [1.82, 2.24) is 10.6 Å². The number of nitrogens with zero attached hydrogens (tertiary/aromatic N) is 1.